The zero-order chi connectivity index (χ0) is 14.8. The maximum atomic E-state index is 12.1. The van der Waals surface area contributed by atoms with Crippen LogP contribution < -0.4 is 10.6 Å². The van der Waals surface area contributed by atoms with Crippen LogP contribution in [-0.4, -0.2) is 53.2 Å². The molecule has 2 unspecified atom stereocenters. The highest BCUT2D eigenvalue weighted by Crippen LogP contribution is 2.24. The number of carbonyl (C=O) groups excluding carboxylic acids is 1. The zero-order valence-electron chi connectivity index (χ0n) is 12.6. The van der Waals surface area contributed by atoms with Crippen LogP contribution in [-0.2, 0) is 4.79 Å². The Labute approximate surface area is 124 Å². The molecule has 0 aromatic carbocycles. The maximum Gasteiger partial charge on any atom is 0.322 e. The number of anilines is 1. The fourth-order valence-corrected chi connectivity index (χ4v) is 3.15. The van der Waals surface area contributed by atoms with E-state index >= 15 is 0 Å². The molecular weight excluding hydrogens is 270 g/mol. The predicted molar refractivity (Wildman–Crippen MR) is 78.0 cm³/mol. The Morgan fingerprint density at radius 3 is 3.05 bits per heavy atom. The Kier molecular flexibility index (Phi) is 4.21. The van der Waals surface area contributed by atoms with Gasteiger partial charge in [-0.1, -0.05) is 18.9 Å². The van der Waals surface area contributed by atoms with Gasteiger partial charge in [0.25, 0.3) is 0 Å². The zero-order valence-corrected chi connectivity index (χ0v) is 12.6. The molecule has 1 amide bonds. The molecule has 1 aromatic heterocycles. The van der Waals surface area contributed by atoms with E-state index in [2.05, 4.69) is 25.7 Å². The van der Waals surface area contributed by atoms with Gasteiger partial charge >= 0.3 is 6.01 Å². The van der Waals surface area contributed by atoms with Gasteiger partial charge in [0.2, 0.25) is 11.8 Å². The fraction of sp³-hybridized carbons (Fsp3) is 0.786. The van der Waals surface area contributed by atoms with E-state index in [1.54, 1.807) is 0 Å². The van der Waals surface area contributed by atoms with Crippen LogP contribution in [0, 0.1) is 5.92 Å². The molecule has 2 aliphatic rings. The quantitative estimate of drug-likeness (QED) is 0.855. The number of amides is 1. The number of likely N-dealkylation sites (tertiary alicyclic amines) is 1. The molecule has 0 saturated carbocycles. The summed E-state index contributed by atoms with van der Waals surface area (Å²) in [6.07, 6.45) is 2.50. The van der Waals surface area contributed by atoms with Gasteiger partial charge in [0.1, 0.15) is 0 Å². The van der Waals surface area contributed by atoms with Gasteiger partial charge in [-0.05, 0) is 25.3 Å². The summed E-state index contributed by atoms with van der Waals surface area (Å²) in [5, 5.41) is 14.0. The van der Waals surface area contributed by atoms with Crippen molar-refractivity contribution in [2.45, 2.75) is 38.6 Å². The van der Waals surface area contributed by atoms with Crippen LogP contribution in [0.25, 0.3) is 0 Å². The first-order valence-corrected chi connectivity index (χ1v) is 7.71. The number of nitrogens with zero attached hydrogens (tertiary/aromatic N) is 3. The van der Waals surface area contributed by atoms with E-state index in [0.29, 0.717) is 24.4 Å². The normalized spacial score (nSPS) is 26.0. The second kappa shape index (κ2) is 6.11. The molecular formula is C14H23N5O2. The van der Waals surface area contributed by atoms with E-state index in [-0.39, 0.29) is 17.8 Å². The van der Waals surface area contributed by atoms with Gasteiger partial charge in [-0.2, -0.15) is 0 Å². The summed E-state index contributed by atoms with van der Waals surface area (Å²) in [6.45, 7) is 7.36. The van der Waals surface area contributed by atoms with E-state index in [1.807, 2.05) is 13.8 Å². The fourth-order valence-electron chi connectivity index (χ4n) is 3.15. The maximum absolute atomic E-state index is 12.1. The number of nitrogens with one attached hydrogen (secondary N) is 2. The van der Waals surface area contributed by atoms with Gasteiger partial charge in [0.15, 0.2) is 0 Å². The molecule has 3 rings (SSSR count). The highest BCUT2D eigenvalue weighted by atomic mass is 16.4. The van der Waals surface area contributed by atoms with Crippen molar-refractivity contribution in [3.63, 3.8) is 0 Å². The van der Waals surface area contributed by atoms with E-state index < -0.39 is 0 Å². The Morgan fingerprint density at radius 1 is 1.48 bits per heavy atom. The van der Waals surface area contributed by atoms with Crippen LogP contribution in [0.2, 0.25) is 0 Å². The first kappa shape index (κ1) is 14.5. The van der Waals surface area contributed by atoms with E-state index in [0.717, 1.165) is 19.6 Å². The molecule has 2 aliphatic heterocycles. The van der Waals surface area contributed by atoms with Crippen molar-refractivity contribution in [3.8, 4) is 0 Å². The monoisotopic (exact) mass is 293 g/mol. The Hall–Kier alpha value is -1.47. The topological polar surface area (TPSA) is 83.3 Å². The summed E-state index contributed by atoms with van der Waals surface area (Å²) in [6, 6.07) is 0.737. The standard InChI is InChI=1S/C14H23N5O2/c1-9(2)13-17-18-14(21-13)16-12(20)8-19-6-10-4-3-5-15-11(10)7-19/h9-11,15H,3-8H2,1-2H3,(H,16,18,20). The lowest BCUT2D eigenvalue weighted by molar-refractivity contribution is -0.117. The van der Waals surface area contributed by atoms with Crippen LogP contribution >= 0.6 is 0 Å². The molecule has 116 valence electrons. The average molecular weight is 293 g/mol. The highest BCUT2D eigenvalue weighted by Gasteiger charge is 2.34. The number of rotatable bonds is 4. The second-order valence-corrected chi connectivity index (χ2v) is 6.31. The van der Waals surface area contributed by atoms with Gasteiger partial charge in [0, 0.05) is 25.0 Å². The number of hydrogen-bond acceptors (Lipinski definition) is 6. The van der Waals surface area contributed by atoms with Crippen molar-refractivity contribution in [1.82, 2.24) is 20.4 Å². The average Bonchev–Trinajstić information content (AvgIpc) is 3.04. The van der Waals surface area contributed by atoms with Crippen molar-refractivity contribution in [2.24, 2.45) is 5.92 Å². The minimum absolute atomic E-state index is 0.0902. The Morgan fingerprint density at radius 2 is 2.33 bits per heavy atom. The molecule has 0 aliphatic carbocycles. The summed E-state index contributed by atoms with van der Waals surface area (Å²) >= 11 is 0. The number of hydrogen-bond donors (Lipinski definition) is 2. The summed E-state index contributed by atoms with van der Waals surface area (Å²) in [5.74, 6) is 1.30. The highest BCUT2D eigenvalue weighted by molar-refractivity contribution is 5.90. The lowest BCUT2D eigenvalue weighted by Crippen LogP contribution is -2.41. The molecule has 0 radical (unpaired) electrons. The largest absolute Gasteiger partial charge is 0.408 e. The van der Waals surface area contributed by atoms with Gasteiger partial charge in [-0.3, -0.25) is 15.0 Å². The van der Waals surface area contributed by atoms with Crippen LogP contribution in [0.5, 0.6) is 0 Å². The molecule has 2 fully saturated rings. The van der Waals surface area contributed by atoms with Crippen LogP contribution in [0.1, 0.15) is 38.5 Å². The number of fused-ring (bicyclic) bond motifs is 1. The third kappa shape index (κ3) is 3.41. The smallest absolute Gasteiger partial charge is 0.322 e. The van der Waals surface area contributed by atoms with Crippen LogP contribution in [0.3, 0.4) is 0 Å². The molecule has 0 bridgehead atoms. The van der Waals surface area contributed by atoms with Crippen molar-refractivity contribution in [3.05, 3.63) is 5.89 Å². The van der Waals surface area contributed by atoms with Crippen molar-refractivity contribution in [2.75, 3.05) is 31.5 Å². The third-order valence-electron chi connectivity index (χ3n) is 4.22. The second-order valence-electron chi connectivity index (χ2n) is 6.31. The molecule has 21 heavy (non-hydrogen) atoms. The van der Waals surface area contributed by atoms with Gasteiger partial charge in [0.05, 0.1) is 6.54 Å². The first-order valence-electron chi connectivity index (χ1n) is 7.71. The molecule has 2 saturated heterocycles. The first-order chi connectivity index (χ1) is 10.1. The lowest BCUT2D eigenvalue weighted by Gasteiger charge is -2.24. The Bertz CT molecular complexity index is 487. The minimum Gasteiger partial charge on any atom is -0.408 e. The van der Waals surface area contributed by atoms with Gasteiger partial charge in [-0.25, -0.2) is 0 Å². The van der Waals surface area contributed by atoms with E-state index in [4.69, 9.17) is 4.42 Å². The molecule has 7 heteroatoms. The molecule has 0 spiro atoms. The summed E-state index contributed by atoms with van der Waals surface area (Å²) < 4.78 is 5.39. The van der Waals surface area contributed by atoms with Gasteiger partial charge in [-0.15, -0.1) is 5.10 Å². The predicted octanol–water partition coefficient (Wildman–Crippen LogP) is 0.815. The summed E-state index contributed by atoms with van der Waals surface area (Å²) in [7, 11) is 0. The third-order valence-corrected chi connectivity index (χ3v) is 4.22. The molecule has 2 N–H and O–H groups in total. The number of aromatic nitrogens is 2. The number of carbonyl (C=O) groups is 1. The molecule has 3 heterocycles. The SMILES string of the molecule is CC(C)c1nnc(NC(=O)CN2CC3CCCNC3C2)o1. The van der Waals surface area contributed by atoms with Crippen LogP contribution in [0.15, 0.2) is 4.42 Å². The lowest BCUT2D eigenvalue weighted by atomic mass is 9.94. The summed E-state index contributed by atoms with van der Waals surface area (Å²) in [5.41, 5.74) is 0. The summed E-state index contributed by atoms with van der Waals surface area (Å²) in [4.78, 5) is 14.2. The molecule has 1 aromatic rings. The van der Waals surface area contributed by atoms with E-state index in [1.165, 1.54) is 12.8 Å². The molecule has 2 atom stereocenters. The van der Waals surface area contributed by atoms with Crippen molar-refractivity contribution in [1.29, 1.82) is 0 Å². The minimum atomic E-state index is -0.0902. The number of piperidine rings is 1. The van der Waals surface area contributed by atoms with E-state index in [9.17, 15) is 4.79 Å². The van der Waals surface area contributed by atoms with Gasteiger partial charge < -0.3 is 9.73 Å². The Balaban J connectivity index is 1.50. The van der Waals surface area contributed by atoms with Crippen molar-refractivity contribution >= 4 is 11.9 Å². The van der Waals surface area contributed by atoms with Crippen LogP contribution in [0.4, 0.5) is 6.01 Å². The molecule has 7 nitrogen and oxygen atoms in total. The van der Waals surface area contributed by atoms with Crippen molar-refractivity contribution < 1.29 is 9.21 Å².